The van der Waals surface area contributed by atoms with Crippen LogP contribution in [0.5, 0.6) is 0 Å². The molecule has 1 unspecified atom stereocenters. The number of thiophene rings is 1. The third-order valence-corrected chi connectivity index (χ3v) is 5.12. The van der Waals surface area contributed by atoms with Crippen LogP contribution in [0.4, 0.5) is 0 Å². The van der Waals surface area contributed by atoms with Crippen LogP contribution in [0.3, 0.4) is 0 Å². The van der Waals surface area contributed by atoms with E-state index >= 15 is 0 Å². The van der Waals surface area contributed by atoms with Crippen molar-refractivity contribution in [2.75, 3.05) is 19.6 Å². The number of nitrogens with zero attached hydrogens (tertiary/aromatic N) is 3. The molecule has 0 fully saturated rings. The van der Waals surface area contributed by atoms with E-state index in [1.807, 2.05) is 36.0 Å². The largest absolute Gasteiger partial charge is 0.383 e. The van der Waals surface area contributed by atoms with Gasteiger partial charge in [0.25, 0.3) is 0 Å². The molecule has 0 aromatic carbocycles. The van der Waals surface area contributed by atoms with Gasteiger partial charge in [0.2, 0.25) is 0 Å². The topological polar surface area (TPSA) is 74.0 Å². The average Bonchev–Trinajstić information content (AvgIpc) is 3.30. The minimum Gasteiger partial charge on any atom is -0.383 e. The fourth-order valence-electron chi connectivity index (χ4n) is 2.87. The maximum atomic E-state index is 10.6. The van der Waals surface area contributed by atoms with Gasteiger partial charge in [-0.15, -0.1) is 0 Å². The van der Waals surface area contributed by atoms with Crippen LogP contribution in [-0.4, -0.2) is 40.1 Å². The molecule has 3 heterocycles. The van der Waals surface area contributed by atoms with Gasteiger partial charge in [0, 0.05) is 31.9 Å². The molecule has 0 saturated carbocycles. The number of aryl methyl sites for hydroxylation is 1. The molecule has 0 aliphatic heterocycles. The summed E-state index contributed by atoms with van der Waals surface area (Å²) >= 11 is 1.58. The fourth-order valence-corrected chi connectivity index (χ4v) is 3.65. The molecular formula is C20H27N5OS. The Labute approximate surface area is 164 Å². The van der Waals surface area contributed by atoms with E-state index in [4.69, 9.17) is 4.98 Å². The highest BCUT2D eigenvalue weighted by Crippen LogP contribution is 2.23. The lowest BCUT2D eigenvalue weighted by Gasteiger charge is -2.21. The Hall–Kier alpha value is -2.38. The number of hydrogen-bond acceptors (Lipinski definition) is 4. The number of hydrogen-bond donors (Lipinski definition) is 3. The molecule has 3 aromatic rings. The van der Waals surface area contributed by atoms with Crippen molar-refractivity contribution in [1.29, 1.82) is 0 Å². The first kappa shape index (κ1) is 19.4. The zero-order chi connectivity index (χ0) is 19.3. The molecule has 27 heavy (non-hydrogen) atoms. The number of nitrogens with one attached hydrogen (secondary N) is 2. The second-order valence-electron chi connectivity index (χ2n) is 6.81. The Morgan fingerprint density at radius 1 is 1.37 bits per heavy atom. The maximum Gasteiger partial charge on any atom is 0.191 e. The number of aliphatic imine (C=N–C) groups is 1. The van der Waals surface area contributed by atoms with Gasteiger partial charge in [-0.05, 0) is 54.8 Å². The first-order valence-corrected chi connectivity index (χ1v) is 10.1. The predicted molar refractivity (Wildman–Crippen MR) is 112 cm³/mol. The molecule has 3 N–H and O–H groups in total. The molecule has 144 valence electrons. The molecule has 7 heteroatoms. The standard InChI is InChI=1S/C20H27N5OS/c1-4-21-19(23-14-20(3,26)16-8-11-27-13-16)22-9-7-17-12-25-10-5-6-15(2)18(25)24-17/h5-6,8,10-13,26H,4,7,9,14H2,1-3H3,(H2,21,22,23). The van der Waals surface area contributed by atoms with Crippen LogP contribution in [0.15, 0.2) is 46.3 Å². The monoisotopic (exact) mass is 385 g/mol. The summed E-state index contributed by atoms with van der Waals surface area (Å²) in [7, 11) is 0. The van der Waals surface area contributed by atoms with Crippen LogP contribution in [0.2, 0.25) is 0 Å². The Kier molecular flexibility index (Phi) is 6.13. The van der Waals surface area contributed by atoms with Crippen molar-refractivity contribution in [1.82, 2.24) is 20.0 Å². The summed E-state index contributed by atoms with van der Waals surface area (Å²) in [5.41, 5.74) is 3.13. The van der Waals surface area contributed by atoms with Gasteiger partial charge in [0.1, 0.15) is 11.2 Å². The minimum atomic E-state index is -0.971. The van der Waals surface area contributed by atoms with Gasteiger partial charge in [-0.3, -0.25) is 0 Å². The molecule has 3 rings (SSSR count). The van der Waals surface area contributed by atoms with Gasteiger partial charge in [0.05, 0.1) is 12.2 Å². The highest BCUT2D eigenvalue weighted by molar-refractivity contribution is 7.08. The van der Waals surface area contributed by atoms with E-state index in [1.165, 1.54) is 5.56 Å². The summed E-state index contributed by atoms with van der Waals surface area (Å²) in [5.74, 6) is 0.702. The van der Waals surface area contributed by atoms with E-state index in [1.54, 1.807) is 18.3 Å². The van der Waals surface area contributed by atoms with Crippen LogP contribution in [0.1, 0.15) is 30.7 Å². The maximum absolute atomic E-state index is 10.6. The number of fused-ring (bicyclic) bond motifs is 1. The Morgan fingerprint density at radius 3 is 2.93 bits per heavy atom. The van der Waals surface area contributed by atoms with Crippen LogP contribution < -0.4 is 10.6 Å². The highest BCUT2D eigenvalue weighted by atomic mass is 32.1. The van der Waals surface area contributed by atoms with Gasteiger partial charge in [0.15, 0.2) is 5.96 Å². The summed E-state index contributed by atoms with van der Waals surface area (Å²) < 4.78 is 2.06. The van der Waals surface area contributed by atoms with Crippen molar-refractivity contribution < 1.29 is 5.11 Å². The Morgan fingerprint density at radius 2 is 2.22 bits per heavy atom. The first-order chi connectivity index (χ1) is 13.0. The number of rotatable bonds is 7. The number of pyridine rings is 1. The zero-order valence-electron chi connectivity index (χ0n) is 16.1. The average molecular weight is 386 g/mol. The van der Waals surface area contributed by atoms with Crippen LogP contribution in [0, 0.1) is 6.92 Å². The number of aromatic nitrogens is 2. The predicted octanol–water partition coefficient (Wildman–Crippen LogP) is 2.71. The quantitative estimate of drug-likeness (QED) is 0.432. The molecule has 0 radical (unpaired) electrons. The SMILES string of the molecule is CCNC(=NCC(C)(O)c1ccsc1)NCCc1cn2cccc(C)c2n1. The minimum absolute atomic E-state index is 0.298. The number of guanidine groups is 1. The lowest BCUT2D eigenvalue weighted by atomic mass is 10.00. The smallest absolute Gasteiger partial charge is 0.191 e. The molecule has 0 saturated heterocycles. The lowest BCUT2D eigenvalue weighted by Crippen LogP contribution is -2.39. The van der Waals surface area contributed by atoms with Crippen LogP contribution in [-0.2, 0) is 12.0 Å². The summed E-state index contributed by atoms with van der Waals surface area (Å²) in [6, 6.07) is 6.03. The van der Waals surface area contributed by atoms with E-state index in [-0.39, 0.29) is 0 Å². The molecule has 0 spiro atoms. The number of imidazole rings is 1. The Balaban J connectivity index is 1.59. The fraction of sp³-hybridized carbons (Fsp3) is 0.400. The second-order valence-corrected chi connectivity index (χ2v) is 7.59. The summed E-state index contributed by atoms with van der Waals surface area (Å²) in [6.07, 6.45) is 4.88. The van der Waals surface area contributed by atoms with Gasteiger partial charge in [-0.2, -0.15) is 11.3 Å². The zero-order valence-corrected chi connectivity index (χ0v) is 16.9. The summed E-state index contributed by atoms with van der Waals surface area (Å²) in [5, 5.41) is 21.1. The van der Waals surface area contributed by atoms with Crippen molar-refractivity contribution in [2.45, 2.75) is 32.8 Å². The molecule has 0 aliphatic carbocycles. The van der Waals surface area contributed by atoms with Gasteiger partial charge in [-0.1, -0.05) is 6.07 Å². The molecule has 1 atom stereocenters. The molecule has 0 aliphatic rings. The van der Waals surface area contributed by atoms with Gasteiger partial charge in [-0.25, -0.2) is 9.98 Å². The first-order valence-electron chi connectivity index (χ1n) is 9.20. The Bertz CT molecular complexity index is 898. The summed E-state index contributed by atoms with van der Waals surface area (Å²) in [4.78, 5) is 9.25. The van der Waals surface area contributed by atoms with Crippen LogP contribution >= 0.6 is 11.3 Å². The van der Waals surface area contributed by atoms with Crippen LogP contribution in [0.25, 0.3) is 5.65 Å². The normalized spacial score (nSPS) is 14.3. The van der Waals surface area contributed by atoms with Crippen molar-refractivity contribution in [3.05, 3.63) is 58.2 Å². The summed E-state index contributed by atoms with van der Waals surface area (Å²) in [6.45, 7) is 7.67. The molecule has 3 aromatic heterocycles. The number of aliphatic hydroxyl groups is 1. The van der Waals surface area contributed by atoms with Gasteiger partial charge >= 0.3 is 0 Å². The lowest BCUT2D eigenvalue weighted by molar-refractivity contribution is 0.0677. The van der Waals surface area contributed by atoms with E-state index in [0.717, 1.165) is 36.4 Å². The highest BCUT2D eigenvalue weighted by Gasteiger charge is 2.23. The van der Waals surface area contributed by atoms with Crippen molar-refractivity contribution in [3.8, 4) is 0 Å². The third kappa shape index (κ3) is 4.87. The van der Waals surface area contributed by atoms with E-state index in [9.17, 15) is 5.11 Å². The second kappa shape index (κ2) is 8.54. The van der Waals surface area contributed by atoms with Gasteiger partial charge < -0.3 is 20.1 Å². The molecular weight excluding hydrogens is 358 g/mol. The molecule has 0 bridgehead atoms. The van der Waals surface area contributed by atoms with E-state index in [0.29, 0.717) is 12.5 Å². The van der Waals surface area contributed by atoms with E-state index < -0.39 is 5.60 Å². The van der Waals surface area contributed by atoms with Crippen molar-refractivity contribution >= 4 is 22.9 Å². The molecule has 0 amide bonds. The molecule has 6 nitrogen and oxygen atoms in total. The van der Waals surface area contributed by atoms with Crippen molar-refractivity contribution in [2.24, 2.45) is 4.99 Å². The van der Waals surface area contributed by atoms with Crippen molar-refractivity contribution in [3.63, 3.8) is 0 Å². The van der Waals surface area contributed by atoms with E-state index in [2.05, 4.69) is 39.2 Å². The third-order valence-electron chi connectivity index (χ3n) is 4.43.